The first kappa shape index (κ1) is 18.5. The fraction of sp³-hybridized carbons (Fsp3) is 0.176. The van der Waals surface area contributed by atoms with Gasteiger partial charge in [-0.15, -0.1) is 11.8 Å². The van der Waals surface area contributed by atoms with Gasteiger partial charge in [-0.2, -0.15) is 5.10 Å². The number of benzene rings is 2. The highest BCUT2D eigenvalue weighted by molar-refractivity contribution is 8.00. The van der Waals surface area contributed by atoms with Crippen molar-refractivity contribution in [3.63, 3.8) is 0 Å². The Balaban J connectivity index is 2.03. The van der Waals surface area contributed by atoms with Crippen LogP contribution in [0.4, 0.5) is 11.4 Å². The van der Waals surface area contributed by atoms with Crippen molar-refractivity contribution in [3.8, 4) is 0 Å². The van der Waals surface area contributed by atoms with E-state index in [0.29, 0.717) is 17.2 Å². The van der Waals surface area contributed by atoms with Crippen LogP contribution in [0.3, 0.4) is 0 Å². The number of thioether (sulfide) groups is 1. The molecule has 7 nitrogen and oxygen atoms in total. The molecule has 0 atom stereocenters. The van der Waals surface area contributed by atoms with Crippen LogP contribution in [0.25, 0.3) is 0 Å². The van der Waals surface area contributed by atoms with Gasteiger partial charge in [0, 0.05) is 22.8 Å². The lowest BCUT2D eigenvalue weighted by Crippen LogP contribution is -2.13. The molecule has 0 fully saturated rings. The molecule has 0 aliphatic rings. The molecule has 0 saturated carbocycles. The van der Waals surface area contributed by atoms with E-state index in [1.807, 2.05) is 30.3 Å². The Morgan fingerprint density at radius 2 is 1.88 bits per heavy atom. The number of non-ortho nitro benzene ring substituents is 1. The SMILES string of the molecule is COC(=O)CC(CSc1ccccc1)=NNc1ccc([N+](=O)[O-])cc1. The molecule has 8 heteroatoms. The van der Waals surface area contributed by atoms with Gasteiger partial charge in [0.25, 0.3) is 5.69 Å². The van der Waals surface area contributed by atoms with Crippen molar-refractivity contribution in [2.75, 3.05) is 18.3 Å². The smallest absolute Gasteiger partial charge is 0.311 e. The van der Waals surface area contributed by atoms with Gasteiger partial charge in [-0.25, -0.2) is 0 Å². The van der Waals surface area contributed by atoms with E-state index >= 15 is 0 Å². The van der Waals surface area contributed by atoms with E-state index in [2.05, 4.69) is 10.5 Å². The van der Waals surface area contributed by atoms with Crippen LogP contribution in [0, 0.1) is 10.1 Å². The Morgan fingerprint density at radius 3 is 2.48 bits per heavy atom. The van der Waals surface area contributed by atoms with E-state index < -0.39 is 4.92 Å². The van der Waals surface area contributed by atoms with Gasteiger partial charge < -0.3 is 4.74 Å². The fourth-order valence-electron chi connectivity index (χ4n) is 1.85. The van der Waals surface area contributed by atoms with Crippen LogP contribution in [-0.2, 0) is 9.53 Å². The zero-order valence-electron chi connectivity index (χ0n) is 13.5. The second kappa shape index (κ2) is 9.43. The Morgan fingerprint density at radius 1 is 1.20 bits per heavy atom. The molecular weight excluding hydrogens is 342 g/mol. The maximum atomic E-state index is 11.5. The second-order valence-corrected chi connectivity index (χ2v) is 6.00. The van der Waals surface area contributed by atoms with Crippen molar-refractivity contribution in [3.05, 3.63) is 64.7 Å². The molecule has 0 unspecified atom stereocenters. The van der Waals surface area contributed by atoms with E-state index in [0.717, 1.165) is 4.90 Å². The highest BCUT2D eigenvalue weighted by Gasteiger charge is 2.09. The summed E-state index contributed by atoms with van der Waals surface area (Å²) in [6.45, 7) is 0. The molecule has 25 heavy (non-hydrogen) atoms. The molecule has 0 spiro atoms. The molecular formula is C17H17N3O4S. The van der Waals surface area contributed by atoms with Crippen LogP contribution in [0.1, 0.15) is 6.42 Å². The minimum atomic E-state index is -0.466. The van der Waals surface area contributed by atoms with Crippen LogP contribution < -0.4 is 5.43 Å². The van der Waals surface area contributed by atoms with Gasteiger partial charge in [0.15, 0.2) is 0 Å². The van der Waals surface area contributed by atoms with Crippen molar-refractivity contribution in [1.29, 1.82) is 0 Å². The van der Waals surface area contributed by atoms with Crippen LogP contribution in [0.5, 0.6) is 0 Å². The average Bonchev–Trinajstić information content (AvgIpc) is 2.64. The number of nitro groups is 1. The van der Waals surface area contributed by atoms with Crippen molar-refractivity contribution >= 4 is 34.8 Å². The zero-order valence-corrected chi connectivity index (χ0v) is 14.4. The predicted octanol–water partition coefficient (Wildman–Crippen LogP) is 3.72. The third kappa shape index (κ3) is 6.27. The number of hydrogen-bond acceptors (Lipinski definition) is 7. The van der Waals surface area contributed by atoms with Gasteiger partial charge in [-0.1, -0.05) is 18.2 Å². The van der Waals surface area contributed by atoms with E-state index in [9.17, 15) is 14.9 Å². The first-order valence-corrected chi connectivity index (χ1v) is 8.37. The largest absolute Gasteiger partial charge is 0.469 e. The molecule has 2 rings (SSSR count). The summed E-state index contributed by atoms with van der Waals surface area (Å²) in [6.07, 6.45) is 0.0658. The number of anilines is 1. The quantitative estimate of drug-likeness (QED) is 0.254. The first-order chi connectivity index (χ1) is 12.1. The summed E-state index contributed by atoms with van der Waals surface area (Å²) in [7, 11) is 1.33. The number of nitro benzene ring substituents is 1. The fourth-order valence-corrected chi connectivity index (χ4v) is 2.70. The van der Waals surface area contributed by atoms with Gasteiger partial charge in [-0.3, -0.25) is 20.3 Å². The number of rotatable bonds is 8. The number of nitrogens with one attached hydrogen (secondary N) is 1. The maximum absolute atomic E-state index is 11.5. The highest BCUT2D eigenvalue weighted by atomic mass is 32.2. The van der Waals surface area contributed by atoms with Crippen molar-refractivity contribution in [2.24, 2.45) is 5.10 Å². The minimum absolute atomic E-state index is 0.00365. The van der Waals surface area contributed by atoms with Gasteiger partial charge >= 0.3 is 5.97 Å². The molecule has 0 aliphatic heterocycles. The molecule has 0 saturated heterocycles. The van der Waals surface area contributed by atoms with E-state index in [-0.39, 0.29) is 18.1 Å². The zero-order chi connectivity index (χ0) is 18.1. The Labute approximate surface area is 149 Å². The number of esters is 1. The number of carbonyl (C=O) groups is 1. The molecule has 130 valence electrons. The van der Waals surface area contributed by atoms with Crippen molar-refractivity contribution < 1.29 is 14.5 Å². The topological polar surface area (TPSA) is 93.8 Å². The molecule has 2 aromatic carbocycles. The minimum Gasteiger partial charge on any atom is -0.469 e. The van der Waals surface area contributed by atoms with Crippen LogP contribution in [0.2, 0.25) is 0 Å². The standard InChI is InChI=1S/C17H17N3O4S/c1-24-17(21)11-14(12-25-16-5-3-2-4-6-16)19-18-13-7-9-15(10-8-13)20(22)23/h2-10,18H,11-12H2,1H3. The van der Waals surface area contributed by atoms with Gasteiger partial charge in [0.2, 0.25) is 0 Å². The van der Waals surface area contributed by atoms with Crippen LogP contribution in [0.15, 0.2) is 64.6 Å². The molecule has 0 heterocycles. The normalized spacial score (nSPS) is 11.0. The monoisotopic (exact) mass is 359 g/mol. The number of methoxy groups -OCH3 is 1. The van der Waals surface area contributed by atoms with E-state index in [1.165, 1.54) is 19.2 Å². The van der Waals surface area contributed by atoms with Gasteiger partial charge in [0.05, 0.1) is 29.9 Å². The van der Waals surface area contributed by atoms with Crippen molar-refractivity contribution in [1.82, 2.24) is 0 Å². The first-order valence-electron chi connectivity index (χ1n) is 7.39. The summed E-state index contributed by atoms with van der Waals surface area (Å²) in [5, 5.41) is 14.9. The summed E-state index contributed by atoms with van der Waals surface area (Å²) < 4.78 is 4.70. The number of nitrogens with zero attached hydrogens (tertiary/aromatic N) is 2. The van der Waals surface area contributed by atoms with Crippen LogP contribution in [-0.4, -0.2) is 29.5 Å². The molecule has 0 aliphatic carbocycles. The molecule has 0 bridgehead atoms. The summed E-state index contributed by atoms with van der Waals surface area (Å²) in [5.41, 5.74) is 4.03. The highest BCUT2D eigenvalue weighted by Crippen LogP contribution is 2.19. The average molecular weight is 359 g/mol. The molecule has 0 amide bonds. The second-order valence-electron chi connectivity index (χ2n) is 4.95. The predicted molar refractivity (Wildman–Crippen MR) is 98.0 cm³/mol. The molecule has 1 N–H and O–H groups in total. The number of hydrogen-bond donors (Lipinski definition) is 1. The lowest BCUT2D eigenvalue weighted by molar-refractivity contribution is -0.384. The van der Waals surface area contributed by atoms with Crippen molar-refractivity contribution in [2.45, 2.75) is 11.3 Å². The maximum Gasteiger partial charge on any atom is 0.311 e. The summed E-state index contributed by atoms with van der Waals surface area (Å²) in [5.74, 6) is 0.136. The van der Waals surface area contributed by atoms with E-state index in [1.54, 1.807) is 23.9 Å². The molecule has 2 aromatic rings. The summed E-state index contributed by atoms with van der Waals surface area (Å²) in [4.78, 5) is 22.8. The number of hydrazone groups is 1. The number of carbonyl (C=O) groups excluding carboxylic acids is 1. The Hall–Kier alpha value is -2.87. The summed E-state index contributed by atoms with van der Waals surface area (Å²) >= 11 is 1.55. The third-order valence-corrected chi connectivity index (χ3v) is 4.23. The Kier molecular flexibility index (Phi) is 6.97. The van der Waals surface area contributed by atoms with Gasteiger partial charge in [-0.05, 0) is 24.3 Å². The van der Waals surface area contributed by atoms with E-state index in [4.69, 9.17) is 4.74 Å². The van der Waals surface area contributed by atoms with Crippen LogP contribution >= 0.6 is 11.8 Å². The lowest BCUT2D eigenvalue weighted by Gasteiger charge is -2.07. The third-order valence-electron chi connectivity index (χ3n) is 3.15. The summed E-state index contributed by atoms with van der Waals surface area (Å²) in [6, 6.07) is 15.7. The van der Waals surface area contributed by atoms with Gasteiger partial charge in [0.1, 0.15) is 0 Å². The molecule has 0 aromatic heterocycles. The lowest BCUT2D eigenvalue weighted by atomic mass is 10.3. The Bertz CT molecular complexity index is 748. The molecule has 0 radical (unpaired) electrons. The number of ether oxygens (including phenoxy) is 1.